The van der Waals surface area contributed by atoms with Gasteiger partial charge in [-0.25, -0.2) is 0 Å². The molecule has 1 N–H and O–H groups in total. The van der Waals surface area contributed by atoms with E-state index in [2.05, 4.69) is 11.4 Å². The lowest BCUT2D eigenvalue weighted by Crippen LogP contribution is -2.18. The average Bonchev–Trinajstić information content (AvgIpc) is 2.44. The summed E-state index contributed by atoms with van der Waals surface area (Å²) in [4.78, 5) is 0. The zero-order chi connectivity index (χ0) is 6.20. The van der Waals surface area contributed by atoms with Crippen molar-refractivity contribution in [2.75, 3.05) is 6.54 Å². The van der Waals surface area contributed by atoms with Crippen LogP contribution in [0.4, 0.5) is 0 Å². The van der Waals surface area contributed by atoms with Gasteiger partial charge in [-0.05, 0) is 13.8 Å². The molecule has 1 rings (SSSR count). The Labute approximate surface area is 49.5 Å². The number of nitriles is 1. The minimum atomic E-state index is -0.153. The molecule has 0 aromatic rings. The van der Waals surface area contributed by atoms with Gasteiger partial charge in [0, 0.05) is 12.6 Å². The molecule has 8 heavy (non-hydrogen) atoms. The van der Waals surface area contributed by atoms with Crippen molar-refractivity contribution in [2.45, 2.75) is 19.9 Å². The number of hydrogen-bond acceptors (Lipinski definition) is 2. The molecule has 0 saturated carbocycles. The molecule has 2 nitrogen and oxygen atoms in total. The zero-order valence-corrected chi connectivity index (χ0v) is 5.23. The first kappa shape index (κ1) is 5.58. The third-order valence-corrected chi connectivity index (χ3v) is 1.57. The standard InChI is InChI=1S/C6H10N2/c1-6(2,4-7)5-3-8-5/h5,8H,3H2,1-2H3. The minimum Gasteiger partial charge on any atom is -0.310 e. The molecule has 0 aliphatic carbocycles. The summed E-state index contributed by atoms with van der Waals surface area (Å²) < 4.78 is 0. The third-order valence-electron chi connectivity index (χ3n) is 1.57. The van der Waals surface area contributed by atoms with Gasteiger partial charge in [-0.1, -0.05) is 0 Å². The fourth-order valence-electron chi connectivity index (χ4n) is 0.647. The van der Waals surface area contributed by atoms with E-state index >= 15 is 0 Å². The fourth-order valence-corrected chi connectivity index (χ4v) is 0.647. The van der Waals surface area contributed by atoms with Gasteiger partial charge in [0.2, 0.25) is 0 Å². The average molecular weight is 110 g/mol. The summed E-state index contributed by atoms with van der Waals surface area (Å²) in [7, 11) is 0. The van der Waals surface area contributed by atoms with Gasteiger partial charge in [0.25, 0.3) is 0 Å². The van der Waals surface area contributed by atoms with E-state index in [4.69, 9.17) is 5.26 Å². The minimum absolute atomic E-state index is 0.153. The maximum atomic E-state index is 8.51. The molecule has 0 aromatic carbocycles. The molecule has 1 aliphatic heterocycles. The summed E-state index contributed by atoms with van der Waals surface area (Å²) >= 11 is 0. The SMILES string of the molecule is CC(C)(C#N)C1CN1. The van der Waals surface area contributed by atoms with Gasteiger partial charge in [0.05, 0.1) is 11.5 Å². The normalized spacial score (nSPS) is 26.9. The first-order chi connectivity index (χ1) is 3.67. The maximum absolute atomic E-state index is 8.51. The molecular weight excluding hydrogens is 100 g/mol. The van der Waals surface area contributed by atoms with Crippen LogP contribution >= 0.6 is 0 Å². The van der Waals surface area contributed by atoms with Crippen molar-refractivity contribution in [3.8, 4) is 6.07 Å². The molecule has 1 saturated heterocycles. The van der Waals surface area contributed by atoms with Gasteiger partial charge < -0.3 is 5.32 Å². The van der Waals surface area contributed by atoms with Crippen molar-refractivity contribution in [1.29, 1.82) is 5.26 Å². The van der Waals surface area contributed by atoms with E-state index in [-0.39, 0.29) is 5.41 Å². The predicted octanol–water partition coefficient (Wildman–Crippen LogP) is 0.508. The maximum Gasteiger partial charge on any atom is 0.0700 e. The van der Waals surface area contributed by atoms with Crippen LogP contribution in [0.3, 0.4) is 0 Å². The van der Waals surface area contributed by atoms with E-state index in [0.717, 1.165) is 6.54 Å². The Morgan fingerprint density at radius 2 is 2.25 bits per heavy atom. The van der Waals surface area contributed by atoms with Gasteiger partial charge in [0.15, 0.2) is 0 Å². The monoisotopic (exact) mass is 110 g/mol. The first-order valence-corrected chi connectivity index (χ1v) is 2.81. The smallest absolute Gasteiger partial charge is 0.0700 e. The van der Waals surface area contributed by atoms with E-state index in [1.807, 2.05) is 13.8 Å². The molecular formula is C6H10N2. The van der Waals surface area contributed by atoms with E-state index in [9.17, 15) is 0 Å². The van der Waals surface area contributed by atoms with E-state index in [1.54, 1.807) is 0 Å². The Balaban J connectivity index is 2.53. The molecule has 0 amide bonds. The highest BCUT2D eigenvalue weighted by Gasteiger charge is 2.37. The molecule has 1 fully saturated rings. The fraction of sp³-hybridized carbons (Fsp3) is 0.833. The van der Waals surface area contributed by atoms with Crippen molar-refractivity contribution < 1.29 is 0 Å². The van der Waals surface area contributed by atoms with E-state index in [0.29, 0.717) is 6.04 Å². The van der Waals surface area contributed by atoms with Gasteiger partial charge in [0.1, 0.15) is 0 Å². The number of nitrogens with zero attached hydrogens (tertiary/aromatic N) is 1. The molecule has 1 aliphatic rings. The predicted molar refractivity (Wildman–Crippen MR) is 31.2 cm³/mol. The van der Waals surface area contributed by atoms with Crippen LogP contribution in [0.5, 0.6) is 0 Å². The Morgan fingerprint density at radius 3 is 2.38 bits per heavy atom. The lowest BCUT2D eigenvalue weighted by Gasteiger charge is -2.10. The Bertz CT molecular complexity index is 128. The summed E-state index contributed by atoms with van der Waals surface area (Å²) in [5, 5.41) is 11.6. The van der Waals surface area contributed by atoms with Crippen LogP contribution in [0, 0.1) is 16.7 Å². The molecule has 1 atom stereocenters. The van der Waals surface area contributed by atoms with Gasteiger partial charge in [-0.15, -0.1) is 0 Å². The van der Waals surface area contributed by atoms with Crippen LogP contribution in [0.25, 0.3) is 0 Å². The molecule has 44 valence electrons. The lowest BCUT2D eigenvalue weighted by atomic mass is 9.92. The van der Waals surface area contributed by atoms with Crippen molar-refractivity contribution in [3.63, 3.8) is 0 Å². The van der Waals surface area contributed by atoms with Crippen molar-refractivity contribution in [2.24, 2.45) is 5.41 Å². The highest BCUT2D eigenvalue weighted by molar-refractivity contribution is 5.07. The molecule has 0 aromatic heterocycles. The number of rotatable bonds is 1. The van der Waals surface area contributed by atoms with Crippen LogP contribution in [0.2, 0.25) is 0 Å². The van der Waals surface area contributed by atoms with Crippen LogP contribution in [0.15, 0.2) is 0 Å². The molecule has 0 bridgehead atoms. The van der Waals surface area contributed by atoms with Crippen LogP contribution < -0.4 is 5.32 Å². The highest BCUT2D eigenvalue weighted by atomic mass is 15.1. The Hall–Kier alpha value is -0.550. The van der Waals surface area contributed by atoms with E-state index < -0.39 is 0 Å². The first-order valence-electron chi connectivity index (χ1n) is 2.81. The second-order valence-electron chi connectivity index (χ2n) is 2.79. The molecule has 1 heterocycles. The topological polar surface area (TPSA) is 45.7 Å². The molecule has 2 heteroatoms. The zero-order valence-electron chi connectivity index (χ0n) is 5.23. The highest BCUT2D eigenvalue weighted by Crippen LogP contribution is 2.24. The van der Waals surface area contributed by atoms with Gasteiger partial charge >= 0.3 is 0 Å². The second-order valence-corrected chi connectivity index (χ2v) is 2.79. The molecule has 1 unspecified atom stereocenters. The van der Waals surface area contributed by atoms with Gasteiger partial charge in [-0.3, -0.25) is 0 Å². The lowest BCUT2D eigenvalue weighted by molar-refractivity contribution is 0.484. The second kappa shape index (κ2) is 1.46. The quantitative estimate of drug-likeness (QED) is 0.500. The van der Waals surface area contributed by atoms with Crippen LogP contribution in [0.1, 0.15) is 13.8 Å². The molecule has 0 radical (unpaired) electrons. The summed E-state index contributed by atoms with van der Waals surface area (Å²) in [5.41, 5.74) is -0.153. The summed E-state index contributed by atoms with van der Waals surface area (Å²) in [6, 6.07) is 2.69. The van der Waals surface area contributed by atoms with Crippen LogP contribution in [-0.2, 0) is 0 Å². The van der Waals surface area contributed by atoms with Crippen LogP contribution in [-0.4, -0.2) is 12.6 Å². The largest absolute Gasteiger partial charge is 0.310 e. The Kier molecular flexibility index (Phi) is 1.02. The number of hydrogen-bond donors (Lipinski definition) is 1. The Morgan fingerprint density at radius 1 is 1.75 bits per heavy atom. The van der Waals surface area contributed by atoms with Crippen molar-refractivity contribution in [3.05, 3.63) is 0 Å². The van der Waals surface area contributed by atoms with E-state index in [1.165, 1.54) is 0 Å². The summed E-state index contributed by atoms with van der Waals surface area (Å²) in [5.74, 6) is 0. The van der Waals surface area contributed by atoms with Crippen molar-refractivity contribution >= 4 is 0 Å². The molecule has 0 spiro atoms. The number of nitrogens with one attached hydrogen (secondary N) is 1. The summed E-state index contributed by atoms with van der Waals surface area (Å²) in [6.07, 6.45) is 0. The van der Waals surface area contributed by atoms with Gasteiger partial charge in [-0.2, -0.15) is 5.26 Å². The summed E-state index contributed by atoms with van der Waals surface area (Å²) in [6.45, 7) is 4.93. The van der Waals surface area contributed by atoms with Crippen molar-refractivity contribution in [1.82, 2.24) is 5.32 Å². The third kappa shape index (κ3) is 0.823.